The van der Waals surface area contributed by atoms with Crippen LogP contribution in [0.25, 0.3) is 0 Å². The van der Waals surface area contributed by atoms with E-state index in [0.717, 1.165) is 24.2 Å². The fourth-order valence-electron chi connectivity index (χ4n) is 1.86. The lowest BCUT2D eigenvalue weighted by Crippen LogP contribution is -2.04. The van der Waals surface area contributed by atoms with Crippen LogP contribution < -0.4 is 5.32 Å². The number of anilines is 1. The normalized spacial score (nSPS) is 10.2. The summed E-state index contributed by atoms with van der Waals surface area (Å²) in [6.07, 6.45) is 0.850. The van der Waals surface area contributed by atoms with E-state index in [-0.39, 0.29) is 12.3 Å². The first kappa shape index (κ1) is 14.0. The van der Waals surface area contributed by atoms with Gasteiger partial charge < -0.3 is 10.4 Å². The fourth-order valence-corrected chi connectivity index (χ4v) is 1.86. The lowest BCUT2D eigenvalue weighted by atomic mass is 10.1. The first-order chi connectivity index (χ1) is 9.69. The summed E-state index contributed by atoms with van der Waals surface area (Å²) in [5.41, 5.74) is 3.03. The summed E-state index contributed by atoms with van der Waals surface area (Å²) in [6.45, 7) is 0.803. The number of rotatable bonds is 6. The van der Waals surface area contributed by atoms with Crippen LogP contribution in [0.3, 0.4) is 0 Å². The largest absolute Gasteiger partial charge is 0.392 e. The Kier molecular flexibility index (Phi) is 4.68. The minimum absolute atomic E-state index is 0.0569. The van der Waals surface area contributed by atoms with Crippen molar-refractivity contribution in [2.75, 3.05) is 11.9 Å². The van der Waals surface area contributed by atoms with Crippen LogP contribution in [0.4, 0.5) is 11.4 Å². The summed E-state index contributed by atoms with van der Waals surface area (Å²) in [4.78, 5) is 10.1. The summed E-state index contributed by atoms with van der Waals surface area (Å²) in [6, 6.07) is 14.2. The molecule has 0 bridgehead atoms. The van der Waals surface area contributed by atoms with Crippen molar-refractivity contribution in [1.82, 2.24) is 0 Å². The van der Waals surface area contributed by atoms with Gasteiger partial charge in [0.25, 0.3) is 5.69 Å². The molecule has 0 fully saturated rings. The molecule has 0 amide bonds. The van der Waals surface area contributed by atoms with Gasteiger partial charge in [-0.3, -0.25) is 10.1 Å². The highest BCUT2D eigenvalue weighted by Crippen LogP contribution is 2.15. The van der Waals surface area contributed by atoms with Gasteiger partial charge in [0.2, 0.25) is 0 Å². The summed E-state index contributed by atoms with van der Waals surface area (Å²) >= 11 is 0. The van der Waals surface area contributed by atoms with Crippen molar-refractivity contribution in [2.24, 2.45) is 0 Å². The molecule has 0 spiro atoms. The van der Waals surface area contributed by atoms with Crippen LogP contribution >= 0.6 is 0 Å². The molecule has 5 nitrogen and oxygen atoms in total. The van der Waals surface area contributed by atoms with E-state index >= 15 is 0 Å². The quantitative estimate of drug-likeness (QED) is 0.626. The number of aliphatic hydroxyl groups is 1. The lowest BCUT2D eigenvalue weighted by Gasteiger charge is -2.06. The number of non-ortho nitro benzene ring substituents is 1. The van der Waals surface area contributed by atoms with Crippen molar-refractivity contribution in [1.29, 1.82) is 0 Å². The smallest absolute Gasteiger partial charge is 0.269 e. The molecule has 0 saturated heterocycles. The molecule has 0 atom stereocenters. The van der Waals surface area contributed by atoms with Crippen LogP contribution in [0.2, 0.25) is 0 Å². The van der Waals surface area contributed by atoms with E-state index in [0.29, 0.717) is 0 Å². The monoisotopic (exact) mass is 272 g/mol. The number of hydrogen-bond donors (Lipinski definition) is 2. The molecule has 0 heterocycles. The van der Waals surface area contributed by atoms with E-state index in [1.54, 1.807) is 12.1 Å². The Hall–Kier alpha value is -2.40. The van der Waals surface area contributed by atoms with Crippen molar-refractivity contribution >= 4 is 11.4 Å². The van der Waals surface area contributed by atoms with Gasteiger partial charge in [-0.25, -0.2) is 0 Å². The van der Waals surface area contributed by atoms with Gasteiger partial charge in [0, 0.05) is 24.4 Å². The molecule has 0 aliphatic heterocycles. The van der Waals surface area contributed by atoms with E-state index in [1.807, 2.05) is 24.3 Å². The minimum atomic E-state index is -0.410. The zero-order chi connectivity index (χ0) is 14.4. The number of aliphatic hydroxyl groups excluding tert-OH is 1. The maximum atomic E-state index is 10.5. The predicted octanol–water partition coefficient (Wildman–Crippen LogP) is 2.74. The van der Waals surface area contributed by atoms with Crippen molar-refractivity contribution in [3.8, 4) is 0 Å². The van der Waals surface area contributed by atoms with Gasteiger partial charge in [-0.1, -0.05) is 24.3 Å². The second-order valence-corrected chi connectivity index (χ2v) is 4.46. The molecule has 0 aliphatic rings. The molecule has 0 aromatic heterocycles. The number of nitro groups is 1. The number of nitrogens with zero attached hydrogens (tertiary/aromatic N) is 1. The van der Waals surface area contributed by atoms with E-state index in [2.05, 4.69) is 5.32 Å². The van der Waals surface area contributed by atoms with Crippen molar-refractivity contribution in [3.05, 3.63) is 69.8 Å². The second-order valence-electron chi connectivity index (χ2n) is 4.46. The van der Waals surface area contributed by atoms with Gasteiger partial charge in [0.05, 0.1) is 11.5 Å². The van der Waals surface area contributed by atoms with Crippen molar-refractivity contribution < 1.29 is 10.0 Å². The predicted molar refractivity (Wildman–Crippen MR) is 77.7 cm³/mol. The molecular formula is C15H16N2O3. The van der Waals surface area contributed by atoms with Crippen LogP contribution in [0, 0.1) is 10.1 Å². The summed E-state index contributed by atoms with van der Waals surface area (Å²) in [5, 5.41) is 22.7. The Balaban J connectivity index is 1.84. The minimum Gasteiger partial charge on any atom is -0.392 e. The fraction of sp³-hybridized carbons (Fsp3) is 0.200. The van der Waals surface area contributed by atoms with Crippen LogP contribution in [0.1, 0.15) is 11.1 Å². The van der Waals surface area contributed by atoms with Gasteiger partial charge in [-0.15, -0.1) is 0 Å². The highest BCUT2D eigenvalue weighted by atomic mass is 16.6. The van der Waals surface area contributed by atoms with Crippen LogP contribution in [-0.2, 0) is 13.0 Å². The van der Waals surface area contributed by atoms with E-state index < -0.39 is 4.92 Å². The molecule has 2 aromatic rings. The molecule has 2 N–H and O–H groups in total. The zero-order valence-electron chi connectivity index (χ0n) is 11.0. The first-order valence-corrected chi connectivity index (χ1v) is 6.36. The van der Waals surface area contributed by atoms with Crippen LogP contribution in [0.15, 0.2) is 48.5 Å². The standard InChI is InChI=1S/C15H16N2O3/c18-11-13-3-1-12(2-4-13)9-10-16-14-5-7-15(8-6-14)17(19)20/h1-8,16,18H,9-11H2. The third-order valence-electron chi connectivity index (χ3n) is 3.03. The van der Waals surface area contributed by atoms with E-state index in [1.165, 1.54) is 17.7 Å². The molecule has 5 heteroatoms. The number of nitro benzene ring substituents is 1. The third-order valence-corrected chi connectivity index (χ3v) is 3.03. The Bertz CT molecular complexity index is 565. The molecule has 2 aromatic carbocycles. The maximum Gasteiger partial charge on any atom is 0.269 e. The van der Waals surface area contributed by atoms with Gasteiger partial charge >= 0.3 is 0 Å². The van der Waals surface area contributed by atoms with Gasteiger partial charge in [-0.05, 0) is 29.7 Å². The molecule has 2 rings (SSSR count). The average molecular weight is 272 g/mol. The van der Waals surface area contributed by atoms with Crippen molar-refractivity contribution in [3.63, 3.8) is 0 Å². The van der Waals surface area contributed by atoms with E-state index in [4.69, 9.17) is 5.11 Å². The average Bonchev–Trinajstić information content (AvgIpc) is 2.48. The molecule has 0 unspecified atom stereocenters. The van der Waals surface area contributed by atoms with Gasteiger partial charge in [0.15, 0.2) is 0 Å². The molecule has 0 radical (unpaired) electrons. The highest BCUT2D eigenvalue weighted by molar-refractivity contribution is 5.48. The summed E-state index contributed by atoms with van der Waals surface area (Å²) in [5.74, 6) is 0. The molecule has 0 aliphatic carbocycles. The topological polar surface area (TPSA) is 75.4 Å². The second kappa shape index (κ2) is 6.68. The van der Waals surface area contributed by atoms with Gasteiger partial charge in [-0.2, -0.15) is 0 Å². The van der Waals surface area contributed by atoms with Crippen molar-refractivity contribution in [2.45, 2.75) is 13.0 Å². The highest BCUT2D eigenvalue weighted by Gasteiger charge is 2.03. The Morgan fingerprint density at radius 3 is 2.15 bits per heavy atom. The number of nitrogens with one attached hydrogen (secondary N) is 1. The molecule has 104 valence electrons. The zero-order valence-corrected chi connectivity index (χ0v) is 11.0. The number of hydrogen-bond acceptors (Lipinski definition) is 4. The van der Waals surface area contributed by atoms with E-state index in [9.17, 15) is 10.1 Å². The number of benzene rings is 2. The van der Waals surface area contributed by atoms with Crippen LogP contribution in [-0.4, -0.2) is 16.6 Å². The first-order valence-electron chi connectivity index (χ1n) is 6.36. The summed E-state index contributed by atoms with van der Waals surface area (Å²) < 4.78 is 0. The Labute approximate surface area is 117 Å². The Morgan fingerprint density at radius 1 is 1.00 bits per heavy atom. The van der Waals surface area contributed by atoms with Crippen LogP contribution in [0.5, 0.6) is 0 Å². The molecule has 0 saturated carbocycles. The maximum absolute atomic E-state index is 10.5. The lowest BCUT2D eigenvalue weighted by molar-refractivity contribution is -0.384. The molecule has 20 heavy (non-hydrogen) atoms. The Morgan fingerprint density at radius 2 is 1.60 bits per heavy atom. The van der Waals surface area contributed by atoms with Gasteiger partial charge in [0.1, 0.15) is 0 Å². The third kappa shape index (κ3) is 3.80. The summed E-state index contributed by atoms with van der Waals surface area (Å²) in [7, 11) is 0. The molecular weight excluding hydrogens is 256 g/mol. The SMILES string of the molecule is O=[N+]([O-])c1ccc(NCCc2ccc(CO)cc2)cc1.